The summed E-state index contributed by atoms with van der Waals surface area (Å²) in [7, 11) is 0. The Balaban J connectivity index is 0.000000204. The zero-order valence-corrected chi connectivity index (χ0v) is 23.8. The monoisotopic (exact) mass is 526 g/mol. The Labute approximate surface area is 232 Å². The molecular formula is C32H54N4O2. The molecule has 6 nitrogen and oxygen atoms in total. The van der Waals surface area contributed by atoms with E-state index < -0.39 is 0 Å². The summed E-state index contributed by atoms with van der Waals surface area (Å²) in [4.78, 5) is 17.4. The van der Waals surface area contributed by atoms with Crippen LogP contribution in [0.4, 0.5) is 4.79 Å². The highest BCUT2D eigenvalue weighted by atomic mass is 16.5. The Morgan fingerprint density at radius 3 is 1.92 bits per heavy atom. The van der Waals surface area contributed by atoms with Crippen molar-refractivity contribution in [3.63, 3.8) is 0 Å². The second-order valence-electron chi connectivity index (χ2n) is 12.3. The Hall–Kier alpha value is -1.63. The van der Waals surface area contributed by atoms with Gasteiger partial charge in [-0.1, -0.05) is 68.9 Å². The number of benzene rings is 1. The molecule has 3 N–H and O–H groups in total. The highest BCUT2D eigenvalue weighted by Gasteiger charge is 2.29. The SMILES string of the molecule is N[C@@H]1CCCC[C@@H]1CN1CCCCC1.O=C(N[C@@H]1CCCC[C@@H]1CN1CCCCC1)OCc1ccccc1. The van der Waals surface area contributed by atoms with E-state index in [0.29, 0.717) is 18.6 Å². The number of nitrogens with one attached hydrogen (secondary N) is 1. The van der Waals surface area contributed by atoms with Crippen molar-refractivity contribution in [2.45, 2.75) is 109 Å². The summed E-state index contributed by atoms with van der Waals surface area (Å²) in [6.45, 7) is 7.84. The van der Waals surface area contributed by atoms with Crippen molar-refractivity contribution < 1.29 is 9.53 Å². The number of nitrogens with zero attached hydrogens (tertiary/aromatic N) is 2. The van der Waals surface area contributed by atoms with E-state index >= 15 is 0 Å². The molecule has 4 fully saturated rings. The van der Waals surface area contributed by atoms with Gasteiger partial charge in [-0.2, -0.15) is 0 Å². The van der Waals surface area contributed by atoms with Crippen LogP contribution in [0.15, 0.2) is 30.3 Å². The van der Waals surface area contributed by atoms with Crippen LogP contribution >= 0.6 is 0 Å². The molecule has 0 aromatic heterocycles. The first kappa shape index (κ1) is 29.4. The standard InChI is InChI=1S/C20H30N2O2.C12H24N2/c23-20(24-16-17-9-3-1-4-10-17)21-19-12-6-5-11-18(19)15-22-13-7-2-8-14-22;13-12-7-3-2-6-11(12)10-14-8-4-1-5-9-14/h1,3-4,9-10,18-19H,2,5-8,11-16H2,(H,21,23);11-12H,1-10,13H2/t18-,19-;11-,12-/m11/s1. The minimum atomic E-state index is -0.269. The Morgan fingerprint density at radius 1 is 0.737 bits per heavy atom. The lowest BCUT2D eigenvalue weighted by Crippen LogP contribution is -2.47. The fourth-order valence-electron chi connectivity index (χ4n) is 6.94. The second-order valence-corrected chi connectivity index (χ2v) is 12.3. The van der Waals surface area contributed by atoms with E-state index in [-0.39, 0.29) is 12.1 Å². The molecule has 2 saturated carbocycles. The van der Waals surface area contributed by atoms with Crippen LogP contribution in [0.1, 0.15) is 95.5 Å². The molecule has 0 spiro atoms. The first-order valence-electron chi connectivity index (χ1n) is 15.8. The van der Waals surface area contributed by atoms with Gasteiger partial charge >= 0.3 is 6.09 Å². The molecule has 2 saturated heterocycles. The quantitative estimate of drug-likeness (QED) is 0.460. The summed E-state index contributed by atoms with van der Waals surface area (Å²) in [6, 6.07) is 10.6. The third-order valence-electron chi connectivity index (χ3n) is 9.28. The van der Waals surface area contributed by atoms with Crippen molar-refractivity contribution in [1.82, 2.24) is 15.1 Å². The van der Waals surface area contributed by atoms with Gasteiger partial charge in [0.1, 0.15) is 6.61 Å². The van der Waals surface area contributed by atoms with E-state index in [9.17, 15) is 4.79 Å². The first-order valence-corrected chi connectivity index (χ1v) is 15.8. The van der Waals surface area contributed by atoms with Crippen LogP contribution in [0, 0.1) is 11.8 Å². The number of amides is 1. The van der Waals surface area contributed by atoms with Gasteiger partial charge in [-0.3, -0.25) is 0 Å². The van der Waals surface area contributed by atoms with E-state index in [4.69, 9.17) is 10.5 Å². The van der Waals surface area contributed by atoms with Gasteiger partial charge in [0.25, 0.3) is 0 Å². The lowest BCUT2D eigenvalue weighted by molar-refractivity contribution is 0.114. The average molecular weight is 527 g/mol. The first-order chi connectivity index (χ1) is 18.7. The molecule has 6 heteroatoms. The van der Waals surface area contributed by atoms with Crippen LogP contribution in [0.5, 0.6) is 0 Å². The van der Waals surface area contributed by atoms with Crippen molar-refractivity contribution in [1.29, 1.82) is 0 Å². The zero-order valence-electron chi connectivity index (χ0n) is 23.8. The molecule has 5 rings (SSSR count). The molecule has 0 bridgehead atoms. The molecule has 1 aromatic rings. The van der Waals surface area contributed by atoms with Gasteiger partial charge in [0.15, 0.2) is 0 Å². The molecule has 1 aromatic carbocycles. The minimum absolute atomic E-state index is 0.268. The van der Waals surface area contributed by atoms with Crippen molar-refractivity contribution >= 4 is 6.09 Å². The van der Waals surface area contributed by atoms with Crippen LogP contribution in [0.25, 0.3) is 0 Å². The fourth-order valence-corrected chi connectivity index (χ4v) is 6.94. The molecule has 0 unspecified atom stereocenters. The normalized spacial score (nSPS) is 29.1. The van der Waals surface area contributed by atoms with E-state index in [1.807, 2.05) is 30.3 Å². The van der Waals surface area contributed by atoms with Gasteiger partial charge in [-0.25, -0.2) is 4.79 Å². The van der Waals surface area contributed by atoms with Crippen LogP contribution in [-0.4, -0.2) is 67.2 Å². The number of hydrogen-bond donors (Lipinski definition) is 2. The maximum Gasteiger partial charge on any atom is 0.407 e. The Kier molecular flexibility index (Phi) is 12.7. The van der Waals surface area contributed by atoms with Gasteiger partial charge in [0.05, 0.1) is 0 Å². The van der Waals surface area contributed by atoms with Crippen LogP contribution < -0.4 is 11.1 Å². The van der Waals surface area contributed by atoms with Gasteiger partial charge < -0.3 is 25.6 Å². The fraction of sp³-hybridized carbons (Fsp3) is 0.781. The van der Waals surface area contributed by atoms with Crippen LogP contribution in [0.3, 0.4) is 0 Å². The number of nitrogens with two attached hydrogens (primary N) is 1. The topological polar surface area (TPSA) is 70.8 Å². The molecule has 4 aliphatic rings. The van der Waals surface area contributed by atoms with Gasteiger partial charge in [0, 0.05) is 25.2 Å². The number of carbonyl (C=O) groups is 1. The smallest absolute Gasteiger partial charge is 0.407 e. The molecule has 0 radical (unpaired) electrons. The predicted octanol–water partition coefficient (Wildman–Crippen LogP) is 5.95. The number of ether oxygens (including phenoxy) is 1. The maximum absolute atomic E-state index is 12.2. The number of piperidine rings is 2. The summed E-state index contributed by atoms with van der Waals surface area (Å²) < 4.78 is 5.41. The lowest BCUT2D eigenvalue weighted by Gasteiger charge is -2.37. The molecular weight excluding hydrogens is 472 g/mol. The molecule has 2 heterocycles. The highest BCUT2D eigenvalue weighted by Crippen LogP contribution is 2.27. The number of hydrogen-bond acceptors (Lipinski definition) is 5. The Bertz CT molecular complexity index is 779. The minimum Gasteiger partial charge on any atom is -0.445 e. The maximum atomic E-state index is 12.2. The summed E-state index contributed by atoms with van der Waals surface area (Å²) in [5.41, 5.74) is 7.20. The number of alkyl carbamates (subject to hydrolysis) is 1. The molecule has 1 amide bonds. The van der Waals surface area contributed by atoms with Gasteiger partial charge in [-0.05, 0) is 94.9 Å². The third kappa shape index (κ3) is 10.2. The van der Waals surface area contributed by atoms with E-state index in [1.165, 1.54) is 116 Å². The molecule has 38 heavy (non-hydrogen) atoms. The Morgan fingerprint density at radius 2 is 1.29 bits per heavy atom. The number of likely N-dealkylation sites (tertiary alicyclic amines) is 2. The summed E-state index contributed by atoms with van der Waals surface area (Å²) in [5, 5.41) is 3.14. The zero-order chi connectivity index (χ0) is 26.4. The third-order valence-corrected chi connectivity index (χ3v) is 9.28. The van der Waals surface area contributed by atoms with Gasteiger partial charge in [-0.15, -0.1) is 0 Å². The van der Waals surface area contributed by atoms with Crippen molar-refractivity contribution in [3.8, 4) is 0 Å². The van der Waals surface area contributed by atoms with E-state index in [0.717, 1.165) is 24.4 Å². The molecule has 214 valence electrons. The molecule has 2 aliphatic carbocycles. The lowest BCUT2D eigenvalue weighted by atomic mass is 9.84. The van der Waals surface area contributed by atoms with E-state index in [2.05, 4.69) is 15.1 Å². The predicted molar refractivity (Wildman–Crippen MR) is 156 cm³/mol. The molecule has 2 aliphatic heterocycles. The summed E-state index contributed by atoms with van der Waals surface area (Å²) in [5.74, 6) is 1.36. The van der Waals surface area contributed by atoms with E-state index in [1.54, 1.807) is 0 Å². The number of rotatable bonds is 7. The second kappa shape index (κ2) is 16.5. The summed E-state index contributed by atoms with van der Waals surface area (Å²) >= 11 is 0. The van der Waals surface area contributed by atoms with Crippen molar-refractivity contribution in [2.75, 3.05) is 39.3 Å². The average Bonchev–Trinajstić information content (AvgIpc) is 2.96. The number of carbonyl (C=O) groups excluding carboxylic acids is 1. The van der Waals surface area contributed by atoms with Crippen molar-refractivity contribution in [2.24, 2.45) is 17.6 Å². The molecule has 4 atom stereocenters. The largest absolute Gasteiger partial charge is 0.445 e. The summed E-state index contributed by atoms with van der Waals surface area (Å²) in [6.07, 6.45) is 18.2. The van der Waals surface area contributed by atoms with Crippen molar-refractivity contribution in [3.05, 3.63) is 35.9 Å². The van der Waals surface area contributed by atoms with Crippen LogP contribution in [-0.2, 0) is 11.3 Å². The highest BCUT2D eigenvalue weighted by molar-refractivity contribution is 5.67. The van der Waals surface area contributed by atoms with Gasteiger partial charge in [0.2, 0.25) is 0 Å². The van der Waals surface area contributed by atoms with Crippen LogP contribution in [0.2, 0.25) is 0 Å².